The summed E-state index contributed by atoms with van der Waals surface area (Å²) >= 11 is 0. The fourth-order valence-electron chi connectivity index (χ4n) is 1.23. The molecule has 0 aliphatic heterocycles. The monoisotopic (exact) mass is 254 g/mol. The number of nitrogens with one attached hydrogen (secondary N) is 2. The van der Waals surface area contributed by atoms with E-state index in [4.69, 9.17) is 5.84 Å². The number of hydrogen-bond acceptors (Lipinski definition) is 7. The summed E-state index contributed by atoms with van der Waals surface area (Å²) < 4.78 is 0. The Hall–Kier alpha value is -1.96. The largest absolute Gasteiger partial charge is 0.364 e. The van der Waals surface area contributed by atoms with E-state index in [-0.39, 0.29) is 22.7 Å². The maximum absolute atomic E-state index is 11.0. The lowest BCUT2D eigenvalue weighted by molar-refractivity contribution is -0.383. The molecule has 0 fully saturated rings. The second-order valence-corrected chi connectivity index (χ2v) is 4.69. The smallest absolute Gasteiger partial charge is 0.354 e. The van der Waals surface area contributed by atoms with Crippen molar-refractivity contribution in [3.63, 3.8) is 0 Å². The fourth-order valence-corrected chi connectivity index (χ4v) is 1.23. The third-order valence-corrected chi connectivity index (χ3v) is 2.83. The van der Waals surface area contributed by atoms with E-state index in [1.54, 1.807) is 0 Å². The van der Waals surface area contributed by atoms with Gasteiger partial charge in [0.2, 0.25) is 11.6 Å². The molecule has 8 heteroatoms. The SMILES string of the molecule is CCC(C)(C)CNc1ncnc(NN)c1[N+](=O)[O-]. The molecule has 1 heterocycles. The van der Waals surface area contributed by atoms with Crippen molar-refractivity contribution in [2.75, 3.05) is 17.3 Å². The van der Waals surface area contributed by atoms with Crippen LogP contribution in [0.1, 0.15) is 27.2 Å². The number of nitrogen functional groups attached to an aromatic ring is 1. The average Bonchev–Trinajstić information content (AvgIpc) is 2.35. The molecule has 0 atom stereocenters. The van der Waals surface area contributed by atoms with E-state index in [0.29, 0.717) is 6.54 Å². The molecule has 0 saturated carbocycles. The highest BCUT2D eigenvalue weighted by Gasteiger charge is 2.24. The molecular formula is C10H18N6O2. The first-order chi connectivity index (χ1) is 8.41. The summed E-state index contributed by atoms with van der Waals surface area (Å²) in [6.45, 7) is 6.76. The zero-order chi connectivity index (χ0) is 13.8. The highest BCUT2D eigenvalue weighted by molar-refractivity contribution is 5.68. The molecule has 0 radical (unpaired) electrons. The van der Waals surface area contributed by atoms with Gasteiger partial charge in [0.05, 0.1) is 4.92 Å². The third-order valence-electron chi connectivity index (χ3n) is 2.83. The number of anilines is 2. The van der Waals surface area contributed by atoms with E-state index in [0.717, 1.165) is 6.42 Å². The van der Waals surface area contributed by atoms with Crippen LogP contribution in [-0.2, 0) is 0 Å². The topological polar surface area (TPSA) is 119 Å². The van der Waals surface area contributed by atoms with Gasteiger partial charge >= 0.3 is 5.69 Å². The van der Waals surface area contributed by atoms with Crippen molar-refractivity contribution in [3.05, 3.63) is 16.4 Å². The van der Waals surface area contributed by atoms with E-state index in [1.165, 1.54) is 6.33 Å². The first-order valence-corrected chi connectivity index (χ1v) is 5.61. The standard InChI is InChI=1S/C10H18N6O2/c1-4-10(2,3)5-12-8-7(16(17)18)9(15-11)14-6-13-8/h6H,4-5,11H2,1-3H3,(H2,12,13,14,15). The predicted molar refractivity (Wildman–Crippen MR) is 69.1 cm³/mol. The summed E-state index contributed by atoms with van der Waals surface area (Å²) in [4.78, 5) is 18.0. The van der Waals surface area contributed by atoms with Gasteiger partial charge in [-0.25, -0.2) is 15.8 Å². The van der Waals surface area contributed by atoms with Crippen LogP contribution in [0.5, 0.6) is 0 Å². The van der Waals surface area contributed by atoms with Gasteiger partial charge in [-0.2, -0.15) is 0 Å². The molecule has 1 rings (SSSR count). The molecule has 0 spiro atoms. The van der Waals surface area contributed by atoms with Crippen LogP contribution in [0.15, 0.2) is 6.33 Å². The predicted octanol–water partition coefficient (Wildman–Crippen LogP) is 1.52. The summed E-state index contributed by atoms with van der Waals surface area (Å²) in [5.74, 6) is 5.36. The van der Waals surface area contributed by atoms with E-state index < -0.39 is 4.92 Å². The summed E-state index contributed by atoms with van der Waals surface area (Å²) in [5, 5.41) is 14.0. The Bertz CT molecular complexity index is 434. The molecule has 0 saturated heterocycles. The Kier molecular flexibility index (Phi) is 4.38. The number of nitrogens with two attached hydrogens (primary N) is 1. The van der Waals surface area contributed by atoms with Crippen molar-refractivity contribution in [1.82, 2.24) is 9.97 Å². The molecule has 8 nitrogen and oxygen atoms in total. The molecule has 0 aliphatic rings. The van der Waals surface area contributed by atoms with Gasteiger partial charge in [0.1, 0.15) is 6.33 Å². The maximum Gasteiger partial charge on any atom is 0.354 e. The zero-order valence-electron chi connectivity index (χ0n) is 10.7. The second-order valence-electron chi connectivity index (χ2n) is 4.69. The lowest BCUT2D eigenvalue weighted by Gasteiger charge is -2.23. The quantitative estimate of drug-likeness (QED) is 0.400. The summed E-state index contributed by atoms with van der Waals surface area (Å²) in [6, 6.07) is 0. The maximum atomic E-state index is 11.0. The van der Waals surface area contributed by atoms with Crippen LogP contribution in [-0.4, -0.2) is 21.4 Å². The van der Waals surface area contributed by atoms with Crippen molar-refractivity contribution < 1.29 is 4.92 Å². The molecule has 0 unspecified atom stereocenters. The minimum atomic E-state index is -0.559. The van der Waals surface area contributed by atoms with E-state index in [9.17, 15) is 10.1 Å². The molecule has 4 N–H and O–H groups in total. The number of nitro groups is 1. The van der Waals surface area contributed by atoms with E-state index in [1.807, 2.05) is 0 Å². The van der Waals surface area contributed by atoms with Gasteiger partial charge in [-0.05, 0) is 11.8 Å². The molecule has 0 bridgehead atoms. The lowest BCUT2D eigenvalue weighted by atomic mass is 9.90. The Labute approximate surface area is 105 Å². The van der Waals surface area contributed by atoms with Gasteiger partial charge in [-0.15, -0.1) is 0 Å². The summed E-state index contributed by atoms with van der Waals surface area (Å²) in [7, 11) is 0. The number of hydrogen-bond donors (Lipinski definition) is 3. The van der Waals surface area contributed by atoms with Gasteiger partial charge in [-0.3, -0.25) is 10.1 Å². The average molecular weight is 254 g/mol. The number of aromatic nitrogens is 2. The van der Waals surface area contributed by atoms with Crippen LogP contribution >= 0.6 is 0 Å². The van der Waals surface area contributed by atoms with E-state index in [2.05, 4.69) is 41.5 Å². The lowest BCUT2D eigenvalue weighted by Crippen LogP contribution is -2.23. The van der Waals surface area contributed by atoms with Crippen LogP contribution in [0.2, 0.25) is 0 Å². The van der Waals surface area contributed by atoms with E-state index >= 15 is 0 Å². The van der Waals surface area contributed by atoms with Crippen molar-refractivity contribution in [1.29, 1.82) is 0 Å². The third kappa shape index (κ3) is 3.27. The fraction of sp³-hybridized carbons (Fsp3) is 0.600. The molecular weight excluding hydrogens is 236 g/mol. The highest BCUT2D eigenvalue weighted by atomic mass is 16.6. The summed E-state index contributed by atoms with van der Waals surface area (Å²) in [5.41, 5.74) is 1.97. The van der Waals surface area contributed by atoms with Crippen LogP contribution in [0, 0.1) is 15.5 Å². The van der Waals surface area contributed by atoms with Gasteiger partial charge in [0.15, 0.2) is 0 Å². The number of rotatable bonds is 6. The van der Waals surface area contributed by atoms with Crippen molar-refractivity contribution in [2.45, 2.75) is 27.2 Å². The van der Waals surface area contributed by atoms with Gasteiger partial charge in [0, 0.05) is 6.54 Å². The molecule has 0 aliphatic carbocycles. The molecule has 18 heavy (non-hydrogen) atoms. The molecule has 0 amide bonds. The van der Waals surface area contributed by atoms with Crippen LogP contribution in [0.4, 0.5) is 17.3 Å². The Morgan fingerprint density at radius 1 is 1.44 bits per heavy atom. The first kappa shape index (κ1) is 14.1. The highest BCUT2D eigenvalue weighted by Crippen LogP contribution is 2.29. The first-order valence-electron chi connectivity index (χ1n) is 5.61. The molecule has 0 aromatic carbocycles. The number of hydrazine groups is 1. The van der Waals surface area contributed by atoms with Crippen molar-refractivity contribution >= 4 is 17.3 Å². The molecule has 1 aromatic rings. The second kappa shape index (κ2) is 5.58. The van der Waals surface area contributed by atoms with Crippen LogP contribution in [0.3, 0.4) is 0 Å². The normalized spacial score (nSPS) is 11.1. The molecule has 100 valence electrons. The Morgan fingerprint density at radius 2 is 2.06 bits per heavy atom. The Balaban J connectivity index is 2.99. The minimum absolute atomic E-state index is 0.00759. The Morgan fingerprint density at radius 3 is 2.56 bits per heavy atom. The minimum Gasteiger partial charge on any atom is -0.364 e. The van der Waals surface area contributed by atoms with Crippen molar-refractivity contribution in [2.24, 2.45) is 11.3 Å². The van der Waals surface area contributed by atoms with Gasteiger partial charge in [-0.1, -0.05) is 20.8 Å². The van der Waals surface area contributed by atoms with Gasteiger partial charge in [0.25, 0.3) is 0 Å². The van der Waals surface area contributed by atoms with Gasteiger partial charge < -0.3 is 10.7 Å². The van der Waals surface area contributed by atoms with Crippen LogP contribution in [0.25, 0.3) is 0 Å². The van der Waals surface area contributed by atoms with Crippen LogP contribution < -0.4 is 16.6 Å². The molecule has 1 aromatic heterocycles. The number of nitrogens with zero attached hydrogens (tertiary/aromatic N) is 3. The zero-order valence-corrected chi connectivity index (χ0v) is 10.7. The van der Waals surface area contributed by atoms with Crippen molar-refractivity contribution in [3.8, 4) is 0 Å². The summed E-state index contributed by atoms with van der Waals surface area (Å²) in [6.07, 6.45) is 2.17.